The minimum absolute atomic E-state index is 0.305. The molecule has 144 valence electrons. The lowest BCUT2D eigenvalue weighted by Gasteiger charge is -2.14. The predicted molar refractivity (Wildman–Crippen MR) is 105 cm³/mol. The third-order valence-electron chi connectivity index (χ3n) is 3.91. The van der Waals surface area contributed by atoms with Crippen LogP contribution in [0, 0.1) is 0 Å². The van der Waals surface area contributed by atoms with Gasteiger partial charge >= 0.3 is 0 Å². The van der Waals surface area contributed by atoms with Crippen molar-refractivity contribution in [3.05, 3.63) is 66.5 Å². The van der Waals surface area contributed by atoms with Gasteiger partial charge < -0.3 is 24.3 Å². The standard InChI is InChI=1S/C21H20N2O5/c1-25-18-11-14(12-19(26-2)20(18)27-3)21(24)23-15-6-8-16(9-7-15)28-17-5-4-10-22-13-17/h4-13H,1-3H3,(H,23,24). The van der Waals surface area contributed by atoms with Crippen LogP contribution in [-0.4, -0.2) is 32.2 Å². The summed E-state index contributed by atoms with van der Waals surface area (Å²) >= 11 is 0. The number of pyridine rings is 1. The normalized spacial score (nSPS) is 10.1. The molecule has 0 radical (unpaired) electrons. The third-order valence-corrected chi connectivity index (χ3v) is 3.91. The van der Waals surface area contributed by atoms with Crippen molar-refractivity contribution in [2.75, 3.05) is 26.6 Å². The Bertz CT molecular complexity index is 918. The molecule has 3 rings (SSSR count). The topological polar surface area (TPSA) is 78.9 Å². The Labute approximate surface area is 162 Å². The zero-order valence-electron chi connectivity index (χ0n) is 15.8. The molecule has 0 fully saturated rings. The first-order valence-corrected chi connectivity index (χ1v) is 8.44. The first-order valence-electron chi connectivity index (χ1n) is 8.44. The molecular weight excluding hydrogens is 360 g/mol. The molecule has 3 aromatic rings. The summed E-state index contributed by atoms with van der Waals surface area (Å²) in [5.74, 6) is 2.22. The average molecular weight is 380 g/mol. The molecule has 2 aromatic carbocycles. The molecule has 7 heteroatoms. The highest BCUT2D eigenvalue weighted by Gasteiger charge is 2.17. The SMILES string of the molecule is COc1cc(C(=O)Nc2ccc(Oc3cccnc3)cc2)cc(OC)c1OC. The molecule has 0 spiro atoms. The lowest BCUT2D eigenvalue weighted by atomic mass is 10.1. The van der Waals surface area contributed by atoms with Crippen molar-refractivity contribution in [1.82, 2.24) is 4.98 Å². The van der Waals surface area contributed by atoms with Crippen LogP contribution in [0.25, 0.3) is 0 Å². The fraction of sp³-hybridized carbons (Fsp3) is 0.143. The van der Waals surface area contributed by atoms with Crippen molar-refractivity contribution in [2.45, 2.75) is 0 Å². The van der Waals surface area contributed by atoms with Crippen LogP contribution in [0.2, 0.25) is 0 Å². The summed E-state index contributed by atoms with van der Waals surface area (Å²) in [6.07, 6.45) is 3.30. The smallest absolute Gasteiger partial charge is 0.255 e. The summed E-state index contributed by atoms with van der Waals surface area (Å²) in [5.41, 5.74) is 1.00. The highest BCUT2D eigenvalue weighted by Crippen LogP contribution is 2.38. The van der Waals surface area contributed by atoms with Gasteiger partial charge in [-0.3, -0.25) is 9.78 Å². The van der Waals surface area contributed by atoms with Crippen LogP contribution in [0.15, 0.2) is 60.9 Å². The van der Waals surface area contributed by atoms with Gasteiger partial charge in [0.2, 0.25) is 5.75 Å². The maximum atomic E-state index is 12.6. The molecule has 0 aliphatic heterocycles. The quantitative estimate of drug-likeness (QED) is 0.663. The molecule has 0 unspecified atom stereocenters. The third kappa shape index (κ3) is 4.32. The monoisotopic (exact) mass is 380 g/mol. The molecule has 28 heavy (non-hydrogen) atoms. The van der Waals surface area contributed by atoms with E-state index in [1.165, 1.54) is 21.3 Å². The van der Waals surface area contributed by atoms with Gasteiger partial charge in [-0.05, 0) is 48.5 Å². The minimum atomic E-state index is -0.305. The van der Waals surface area contributed by atoms with Gasteiger partial charge in [0.1, 0.15) is 11.5 Å². The van der Waals surface area contributed by atoms with Gasteiger partial charge in [-0.25, -0.2) is 0 Å². The molecule has 0 bridgehead atoms. The molecule has 1 N–H and O–H groups in total. The van der Waals surface area contributed by atoms with Crippen LogP contribution >= 0.6 is 0 Å². The summed E-state index contributed by atoms with van der Waals surface area (Å²) in [6, 6.07) is 13.8. The zero-order chi connectivity index (χ0) is 19.9. The predicted octanol–water partition coefficient (Wildman–Crippen LogP) is 4.15. The molecule has 0 aliphatic rings. The van der Waals surface area contributed by atoms with Crippen molar-refractivity contribution in [2.24, 2.45) is 0 Å². The molecule has 0 aliphatic carbocycles. The highest BCUT2D eigenvalue weighted by atomic mass is 16.5. The first-order chi connectivity index (χ1) is 13.6. The van der Waals surface area contributed by atoms with Crippen molar-refractivity contribution in [3.63, 3.8) is 0 Å². The lowest BCUT2D eigenvalue weighted by molar-refractivity contribution is 0.102. The number of rotatable bonds is 7. The van der Waals surface area contributed by atoms with E-state index in [2.05, 4.69) is 10.3 Å². The van der Waals surface area contributed by atoms with Crippen LogP contribution in [0.5, 0.6) is 28.7 Å². The van der Waals surface area contributed by atoms with Crippen LogP contribution in [-0.2, 0) is 0 Å². The van der Waals surface area contributed by atoms with Gasteiger partial charge in [-0.1, -0.05) is 0 Å². The Kier molecular flexibility index (Phi) is 5.96. The number of carbonyl (C=O) groups is 1. The molecule has 1 amide bonds. The number of aromatic nitrogens is 1. The largest absolute Gasteiger partial charge is 0.493 e. The molecule has 0 saturated carbocycles. The van der Waals surface area contributed by atoms with Crippen molar-refractivity contribution >= 4 is 11.6 Å². The van der Waals surface area contributed by atoms with Gasteiger partial charge in [0, 0.05) is 17.4 Å². The lowest BCUT2D eigenvalue weighted by Crippen LogP contribution is -2.12. The summed E-state index contributed by atoms with van der Waals surface area (Å²) in [6.45, 7) is 0. The van der Waals surface area contributed by atoms with Gasteiger partial charge in [0.15, 0.2) is 11.5 Å². The van der Waals surface area contributed by atoms with E-state index >= 15 is 0 Å². The van der Waals surface area contributed by atoms with E-state index in [1.54, 1.807) is 54.9 Å². The minimum Gasteiger partial charge on any atom is -0.493 e. The van der Waals surface area contributed by atoms with E-state index in [-0.39, 0.29) is 5.91 Å². The van der Waals surface area contributed by atoms with E-state index in [1.807, 2.05) is 6.07 Å². The Hall–Kier alpha value is -3.74. The van der Waals surface area contributed by atoms with E-state index < -0.39 is 0 Å². The number of nitrogens with one attached hydrogen (secondary N) is 1. The number of carbonyl (C=O) groups excluding carboxylic acids is 1. The van der Waals surface area contributed by atoms with Crippen LogP contribution < -0.4 is 24.3 Å². The number of methoxy groups -OCH3 is 3. The maximum absolute atomic E-state index is 12.6. The average Bonchev–Trinajstić information content (AvgIpc) is 2.74. The Balaban J connectivity index is 1.74. The zero-order valence-corrected chi connectivity index (χ0v) is 15.8. The number of nitrogens with zero attached hydrogens (tertiary/aromatic N) is 1. The second kappa shape index (κ2) is 8.77. The number of benzene rings is 2. The fourth-order valence-corrected chi connectivity index (χ4v) is 2.57. The summed E-state index contributed by atoms with van der Waals surface area (Å²) in [5, 5.41) is 2.83. The van der Waals surface area contributed by atoms with E-state index in [4.69, 9.17) is 18.9 Å². The highest BCUT2D eigenvalue weighted by molar-refractivity contribution is 6.05. The molecule has 1 heterocycles. The molecular formula is C21H20N2O5. The second-order valence-corrected chi connectivity index (χ2v) is 5.68. The van der Waals surface area contributed by atoms with Gasteiger partial charge in [-0.15, -0.1) is 0 Å². The summed E-state index contributed by atoms with van der Waals surface area (Å²) in [7, 11) is 4.51. The Morgan fingerprint density at radius 2 is 1.57 bits per heavy atom. The van der Waals surface area contributed by atoms with Crippen molar-refractivity contribution < 1.29 is 23.7 Å². The van der Waals surface area contributed by atoms with E-state index in [0.717, 1.165) is 0 Å². The molecule has 7 nitrogen and oxygen atoms in total. The number of ether oxygens (including phenoxy) is 4. The number of hydrogen-bond acceptors (Lipinski definition) is 6. The molecule has 0 saturated heterocycles. The van der Waals surface area contributed by atoms with E-state index in [9.17, 15) is 4.79 Å². The maximum Gasteiger partial charge on any atom is 0.255 e. The van der Waals surface area contributed by atoms with Crippen LogP contribution in [0.4, 0.5) is 5.69 Å². The number of hydrogen-bond donors (Lipinski definition) is 1. The van der Waals surface area contributed by atoms with Crippen molar-refractivity contribution in [1.29, 1.82) is 0 Å². The first kappa shape index (κ1) is 19.0. The molecule has 0 atom stereocenters. The number of anilines is 1. The van der Waals surface area contributed by atoms with Gasteiger partial charge in [-0.2, -0.15) is 0 Å². The second-order valence-electron chi connectivity index (χ2n) is 5.68. The van der Waals surface area contributed by atoms with Gasteiger partial charge in [0.05, 0.1) is 27.5 Å². The van der Waals surface area contributed by atoms with E-state index in [0.29, 0.717) is 40.0 Å². The van der Waals surface area contributed by atoms with Crippen LogP contribution in [0.3, 0.4) is 0 Å². The Morgan fingerprint density at radius 1 is 0.893 bits per heavy atom. The van der Waals surface area contributed by atoms with Crippen molar-refractivity contribution in [3.8, 4) is 28.7 Å². The van der Waals surface area contributed by atoms with Gasteiger partial charge in [0.25, 0.3) is 5.91 Å². The fourth-order valence-electron chi connectivity index (χ4n) is 2.57. The molecule has 1 aromatic heterocycles. The number of amides is 1. The summed E-state index contributed by atoms with van der Waals surface area (Å²) in [4.78, 5) is 16.6. The van der Waals surface area contributed by atoms with Crippen LogP contribution in [0.1, 0.15) is 10.4 Å². The Morgan fingerprint density at radius 3 is 2.11 bits per heavy atom. The summed E-state index contributed by atoms with van der Waals surface area (Å²) < 4.78 is 21.5.